The second kappa shape index (κ2) is 3.55. The molecule has 1 aromatic carbocycles. The molecule has 0 aliphatic rings. The van der Waals surface area contributed by atoms with E-state index in [0.717, 1.165) is 5.56 Å². The summed E-state index contributed by atoms with van der Waals surface area (Å²) in [6.45, 7) is 1.79. The summed E-state index contributed by atoms with van der Waals surface area (Å²) in [5.74, 6) is 0. The fraction of sp³-hybridized carbons (Fsp3) is 0.200. The maximum absolute atomic E-state index is 11.5. The molecule has 0 aliphatic carbocycles. The van der Waals surface area contributed by atoms with Crippen molar-refractivity contribution < 1.29 is 0 Å². The predicted octanol–water partition coefficient (Wildman–Crippen LogP) is 1.52. The van der Waals surface area contributed by atoms with Crippen molar-refractivity contribution in [3.8, 4) is 0 Å². The lowest BCUT2D eigenvalue weighted by atomic mass is 10.1. The summed E-state index contributed by atoms with van der Waals surface area (Å²) >= 11 is 5.95. The Hall–Kier alpha value is -1.55. The molecule has 0 spiro atoms. The van der Waals surface area contributed by atoms with Crippen molar-refractivity contribution in [3.63, 3.8) is 0 Å². The Morgan fingerprint density at radius 1 is 1.27 bits per heavy atom. The Bertz CT molecular complexity index is 613. The van der Waals surface area contributed by atoms with E-state index in [4.69, 9.17) is 11.6 Å². The molecule has 0 bridgehead atoms. The van der Waals surface area contributed by atoms with E-state index in [1.807, 2.05) is 0 Å². The molecule has 0 saturated heterocycles. The molecule has 15 heavy (non-hydrogen) atoms. The van der Waals surface area contributed by atoms with E-state index in [1.54, 1.807) is 25.1 Å². The van der Waals surface area contributed by atoms with Crippen molar-refractivity contribution in [1.29, 1.82) is 0 Å². The first-order valence-electron chi connectivity index (χ1n) is 4.49. The summed E-state index contributed by atoms with van der Waals surface area (Å²) in [5, 5.41) is 0.186. The highest BCUT2D eigenvalue weighted by molar-refractivity contribution is 6.21. The molecule has 0 radical (unpaired) electrons. The average Bonchev–Trinajstić information content (AvgIpc) is 2.16. The topological polar surface area (TPSA) is 65.7 Å². The predicted molar refractivity (Wildman–Crippen MR) is 59.5 cm³/mol. The fourth-order valence-electron chi connectivity index (χ4n) is 1.55. The number of halogens is 1. The van der Waals surface area contributed by atoms with Gasteiger partial charge in [-0.25, -0.2) is 4.79 Å². The minimum absolute atomic E-state index is 0.258. The van der Waals surface area contributed by atoms with Gasteiger partial charge in [-0.1, -0.05) is 12.1 Å². The largest absolute Gasteiger partial charge is 0.326 e. The van der Waals surface area contributed by atoms with Gasteiger partial charge in [0.2, 0.25) is 0 Å². The molecular weight excluding hydrogens is 216 g/mol. The zero-order valence-electron chi connectivity index (χ0n) is 8.00. The van der Waals surface area contributed by atoms with Gasteiger partial charge < -0.3 is 4.98 Å². The van der Waals surface area contributed by atoms with Crippen LogP contribution in [0.1, 0.15) is 17.9 Å². The first-order chi connectivity index (χ1) is 7.09. The van der Waals surface area contributed by atoms with Crippen LogP contribution in [0.5, 0.6) is 0 Å². The zero-order chi connectivity index (χ0) is 11.0. The summed E-state index contributed by atoms with van der Waals surface area (Å²) in [6, 6.07) is 5.17. The number of rotatable bonds is 1. The van der Waals surface area contributed by atoms with Crippen LogP contribution in [0.2, 0.25) is 0 Å². The summed E-state index contributed by atoms with van der Waals surface area (Å²) in [5.41, 5.74) is 0.344. The molecule has 5 heteroatoms. The molecule has 2 aromatic rings. The molecule has 0 fully saturated rings. The molecular formula is C10H9ClN2O2. The molecule has 2 N–H and O–H groups in total. The van der Waals surface area contributed by atoms with Gasteiger partial charge in [-0.05, 0) is 18.6 Å². The molecule has 1 aromatic heterocycles. The highest BCUT2D eigenvalue weighted by Gasteiger charge is 2.09. The lowest BCUT2D eigenvalue weighted by molar-refractivity contribution is 1.04. The van der Waals surface area contributed by atoms with E-state index in [1.165, 1.54) is 0 Å². The van der Waals surface area contributed by atoms with Gasteiger partial charge in [0.1, 0.15) is 0 Å². The second-order valence-corrected chi connectivity index (χ2v) is 3.95. The smallest absolute Gasteiger partial charge is 0.307 e. The van der Waals surface area contributed by atoms with Crippen LogP contribution in [0.3, 0.4) is 0 Å². The summed E-state index contributed by atoms with van der Waals surface area (Å²) < 4.78 is 0. The van der Waals surface area contributed by atoms with Gasteiger partial charge in [0.15, 0.2) is 0 Å². The number of aromatic amines is 2. The van der Waals surface area contributed by atoms with Crippen LogP contribution in [0.4, 0.5) is 0 Å². The third-order valence-corrected chi connectivity index (χ3v) is 2.47. The molecule has 1 heterocycles. The Balaban J connectivity index is 2.98. The standard InChI is InChI=1S/C10H9ClN2O2/c1-5(11)6-3-2-4-7-8(6)12-10(15)13-9(7)14/h2-5H,1H3,(H2,12,13,14,15). The van der Waals surface area contributed by atoms with Crippen molar-refractivity contribution in [2.45, 2.75) is 12.3 Å². The highest BCUT2D eigenvalue weighted by Crippen LogP contribution is 2.24. The summed E-state index contributed by atoms with van der Waals surface area (Å²) in [6.07, 6.45) is 0. The first-order valence-corrected chi connectivity index (χ1v) is 4.92. The van der Waals surface area contributed by atoms with Crippen LogP contribution in [0, 0.1) is 0 Å². The Labute approximate surface area is 89.9 Å². The number of alkyl halides is 1. The lowest BCUT2D eigenvalue weighted by Crippen LogP contribution is -2.22. The summed E-state index contributed by atoms with van der Waals surface area (Å²) in [4.78, 5) is 27.3. The van der Waals surface area contributed by atoms with E-state index in [-0.39, 0.29) is 5.38 Å². The Morgan fingerprint density at radius 2 is 2.00 bits per heavy atom. The van der Waals surface area contributed by atoms with Crippen LogP contribution >= 0.6 is 11.6 Å². The van der Waals surface area contributed by atoms with Gasteiger partial charge in [-0.2, -0.15) is 0 Å². The Kier molecular flexibility index (Phi) is 2.36. The number of nitrogens with one attached hydrogen (secondary N) is 2. The van der Waals surface area contributed by atoms with Crippen LogP contribution in [-0.2, 0) is 0 Å². The summed E-state index contributed by atoms with van der Waals surface area (Å²) in [7, 11) is 0. The number of fused-ring (bicyclic) bond motifs is 1. The van der Waals surface area contributed by atoms with Gasteiger partial charge in [0, 0.05) is 0 Å². The van der Waals surface area contributed by atoms with Crippen molar-refractivity contribution in [2.24, 2.45) is 0 Å². The third kappa shape index (κ3) is 1.68. The van der Waals surface area contributed by atoms with E-state index >= 15 is 0 Å². The van der Waals surface area contributed by atoms with Gasteiger partial charge >= 0.3 is 5.69 Å². The zero-order valence-corrected chi connectivity index (χ0v) is 8.76. The highest BCUT2D eigenvalue weighted by atomic mass is 35.5. The van der Waals surface area contributed by atoms with Crippen molar-refractivity contribution in [1.82, 2.24) is 9.97 Å². The molecule has 1 atom stereocenters. The van der Waals surface area contributed by atoms with E-state index in [9.17, 15) is 9.59 Å². The van der Waals surface area contributed by atoms with E-state index < -0.39 is 11.2 Å². The maximum atomic E-state index is 11.5. The van der Waals surface area contributed by atoms with Gasteiger partial charge in [0.05, 0.1) is 16.3 Å². The molecule has 1 unspecified atom stereocenters. The molecule has 4 nitrogen and oxygen atoms in total. The number of aromatic nitrogens is 2. The van der Waals surface area contributed by atoms with Crippen molar-refractivity contribution in [3.05, 3.63) is 44.6 Å². The van der Waals surface area contributed by atoms with Crippen molar-refractivity contribution >= 4 is 22.5 Å². The second-order valence-electron chi connectivity index (χ2n) is 3.29. The number of para-hydroxylation sites is 1. The van der Waals surface area contributed by atoms with Crippen LogP contribution in [0.15, 0.2) is 27.8 Å². The monoisotopic (exact) mass is 224 g/mol. The van der Waals surface area contributed by atoms with Crippen LogP contribution in [0.25, 0.3) is 10.9 Å². The number of H-pyrrole nitrogens is 2. The number of hydrogen-bond donors (Lipinski definition) is 2. The van der Waals surface area contributed by atoms with Gasteiger partial charge in [-0.3, -0.25) is 9.78 Å². The molecule has 2 rings (SSSR count). The quantitative estimate of drug-likeness (QED) is 0.722. The first kappa shape index (κ1) is 9.98. The maximum Gasteiger partial charge on any atom is 0.326 e. The van der Waals surface area contributed by atoms with Crippen LogP contribution < -0.4 is 11.2 Å². The lowest BCUT2D eigenvalue weighted by Gasteiger charge is -2.06. The molecule has 0 saturated carbocycles. The average molecular weight is 225 g/mol. The fourth-order valence-corrected chi connectivity index (χ4v) is 1.73. The number of hydrogen-bond acceptors (Lipinski definition) is 2. The van der Waals surface area contributed by atoms with Gasteiger partial charge in [0.25, 0.3) is 5.56 Å². The number of benzene rings is 1. The Morgan fingerprint density at radius 3 is 2.67 bits per heavy atom. The molecule has 78 valence electrons. The normalized spacial score (nSPS) is 12.9. The minimum Gasteiger partial charge on any atom is -0.307 e. The van der Waals surface area contributed by atoms with Crippen molar-refractivity contribution in [2.75, 3.05) is 0 Å². The van der Waals surface area contributed by atoms with E-state index in [2.05, 4.69) is 9.97 Å². The van der Waals surface area contributed by atoms with Gasteiger partial charge in [-0.15, -0.1) is 11.6 Å². The molecule has 0 amide bonds. The third-order valence-electron chi connectivity index (χ3n) is 2.24. The van der Waals surface area contributed by atoms with E-state index in [0.29, 0.717) is 10.9 Å². The minimum atomic E-state index is -0.516. The van der Waals surface area contributed by atoms with Crippen LogP contribution in [-0.4, -0.2) is 9.97 Å². The SMILES string of the molecule is CC(Cl)c1cccc2c(=O)[nH]c(=O)[nH]c12. The molecule has 0 aliphatic heterocycles.